The van der Waals surface area contributed by atoms with Crippen LogP contribution in [0.25, 0.3) is 0 Å². The van der Waals surface area contributed by atoms with Gasteiger partial charge in [0.05, 0.1) is 0 Å². The quantitative estimate of drug-likeness (QED) is 0.597. The van der Waals surface area contributed by atoms with Crippen LogP contribution in [0.1, 0.15) is 17.3 Å². The van der Waals surface area contributed by atoms with Crippen molar-refractivity contribution in [3.8, 4) is 11.5 Å². The molecule has 2 rings (SSSR count). The first-order valence-electron chi connectivity index (χ1n) is 7.69. The van der Waals surface area contributed by atoms with E-state index in [-0.39, 0.29) is 5.91 Å². The zero-order valence-corrected chi connectivity index (χ0v) is 14.3. The molecule has 0 fully saturated rings. The van der Waals surface area contributed by atoms with Crippen LogP contribution in [-0.2, 0) is 0 Å². The molecule has 0 aliphatic rings. The van der Waals surface area contributed by atoms with Gasteiger partial charge in [0.25, 0.3) is 5.91 Å². The van der Waals surface area contributed by atoms with Crippen LogP contribution in [0.5, 0.6) is 11.5 Å². The number of carbonyl (C=O) groups excluding carboxylic acids is 1. The van der Waals surface area contributed by atoms with Crippen LogP contribution in [0, 0.1) is 0 Å². The highest BCUT2D eigenvalue weighted by Crippen LogP contribution is 2.14. The zero-order valence-electron chi connectivity index (χ0n) is 13.5. The number of rotatable bonds is 7. The Morgan fingerprint density at radius 3 is 2.38 bits per heavy atom. The van der Waals surface area contributed by atoms with E-state index in [2.05, 4.69) is 10.6 Å². The summed E-state index contributed by atoms with van der Waals surface area (Å²) < 4.78 is 11.2. The molecule has 6 heteroatoms. The Morgan fingerprint density at radius 2 is 1.67 bits per heavy atom. The van der Waals surface area contributed by atoms with E-state index >= 15 is 0 Å². The summed E-state index contributed by atoms with van der Waals surface area (Å²) in [6, 6.07) is 16.5. The SMILES string of the molecule is CCNC(=S)NC(=O)c1cccc(OCCOc2ccccc2)c1. The molecular formula is C18H20N2O3S. The summed E-state index contributed by atoms with van der Waals surface area (Å²) >= 11 is 5.00. The summed E-state index contributed by atoms with van der Waals surface area (Å²) in [5, 5.41) is 5.79. The summed E-state index contributed by atoms with van der Waals surface area (Å²) in [6.07, 6.45) is 0. The Bertz CT molecular complexity index is 677. The average Bonchev–Trinajstić information content (AvgIpc) is 2.60. The third-order valence-corrected chi connectivity index (χ3v) is 3.27. The van der Waals surface area contributed by atoms with Crippen molar-refractivity contribution < 1.29 is 14.3 Å². The van der Waals surface area contributed by atoms with Crippen LogP contribution in [0.3, 0.4) is 0 Å². The highest BCUT2D eigenvalue weighted by atomic mass is 32.1. The Kier molecular flexibility index (Phi) is 7.04. The molecule has 0 aliphatic heterocycles. The molecule has 5 nitrogen and oxygen atoms in total. The minimum atomic E-state index is -0.271. The normalized spacial score (nSPS) is 9.88. The van der Waals surface area contributed by atoms with Gasteiger partial charge in [0.2, 0.25) is 0 Å². The Balaban J connectivity index is 1.81. The number of carbonyl (C=O) groups is 1. The zero-order chi connectivity index (χ0) is 17.2. The lowest BCUT2D eigenvalue weighted by Crippen LogP contribution is -2.39. The molecule has 24 heavy (non-hydrogen) atoms. The number of thiocarbonyl (C=S) groups is 1. The molecule has 2 aromatic rings. The Labute approximate surface area is 147 Å². The van der Waals surface area contributed by atoms with E-state index in [1.165, 1.54) is 0 Å². The average molecular weight is 344 g/mol. The van der Waals surface area contributed by atoms with E-state index in [0.717, 1.165) is 5.75 Å². The summed E-state index contributed by atoms with van der Waals surface area (Å²) in [5.74, 6) is 1.13. The smallest absolute Gasteiger partial charge is 0.257 e. The van der Waals surface area contributed by atoms with E-state index in [4.69, 9.17) is 21.7 Å². The van der Waals surface area contributed by atoms with Gasteiger partial charge in [-0.2, -0.15) is 0 Å². The van der Waals surface area contributed by atoms with Crippen molar-refractivity contribution in [3.05, 3.63) is 60.2 Å². The van der Waals surface area contributed by atoms with Crippen molar-refractivity contribution in [2.24, 2.45) is 0 Å². The van der Waals surface area contributed by atoms with E-state index in [9.17, 15) is 4.79 Å². The Morgan fingerprint density at radius 1 is 1.00 bits per heavy atom. The van der Waals surface area contributed by atoms with E-state index in [0.29, 0.717) is 36.2 Å². The molecule has 0 unspecified atom stereocenters. The number of amides is 1. The van der Waals surface area contributed by atoms with Crippen molar-refractivity contribution >= 4 is 23.2 Å². The largest absolute Gasteiger partial charge is 0.490 e. The van der Waals surface area contributed by atoms with Crippen molar-refractivity contribution in [3.63, 3.8) is 0 Å². The first-order valence-corrected chi connectivity index (χ1v) is 8.09. The lowest BCUT2D eigenvalue weighted by molar-refractivity contribution is 0.0976. The lowest BCUT2D eigenvalue weighted by Gasteiger charge is -2.10. The number of hydrogen-bond acceptors (Lipinski definition) is 4. The molecule has 0 saturated carbocycles. The molecule has 2 N–H and O–H groups in total. The van der Waals surface area contributed by atoms with Crippen molar-refractivity contribution in [1.29, 1.82) is 0 Å². The van der Waals surface area contributed by atoms with Gasteiger partial charge in [-0.05, 0) is 49.5 Å². The number of hydrogen-bond donors (Lipinski definition) is 2. The maximum Gasteiger partial charge on any atom is 0.257 e. The molecule has 126 valence electrons. The lowest BCUT2D eigenvalue weighted by atomic mass is 10.2. The topological polar surface area (TPSA) is 59.6 Å². The molecule has 0 spiro atoms. The standard InChI is InChI=1S/C18H20N2O3S/c1-2-19-18(24)20-17(21)14-7-6-10-16(13-14)23-12-11-22-15-8-4-3-5-9-15/h3-10,13H,2,11-12H2,1H3,(H2,19,20,21,24). The van der Waals surface area contributed by atoms with Gasteiger partial charge in [-0.1, -0.05) is 24.3 Å². The van der Waals surface area contributed by atoms with Crippen LogP contribution in [0.4, 0.5) is 0 Å². The second kappa shape index (κ2) is 9.52. The minimum Gasteiger partial charge on any atom is -0.490 e. The van der Waals surface area contributed by atoms with Gasteiger partial charge in [-0.15, -0.1) is 0 Å². The van der Waals surface area contributed by atoms with E-state index in [1.807, 2.05) is 37.3 Å². The molecule has 0 aromatic heterocycles. The molecule has 0 heterocycles. The second-order valence-corrected chi connectivity index (χ2v) is 5.26. The van der Waals surface area contributed by atoms with Gasteiger partial charge in [0.1, 0.15) is 24.7 Å². The fourth-order valence-electron chi connectivity index (χ4n) is 1.94. The predicted molar refractivity (Wildman–Crippen MR) is 97.6 cm³/mol. The fourth-order valence-corrected chi connectivity index (χ4v) is 2.18. The van der Waals surface area contributed by atoms with Gasteiger partial charge in [0, 0.05) is 12.1 Å². The highest BCUT2D eigenvalue weighted by Gasteiger charge is 2.08. The third kappa shape index (κ3) is 5.89. The number of nitrogens with one attached hydrogen (secondary N) is 2. The van der Waals surface area contributed by atoms with E-state index in [1.54, 1.807) is 24.3 Å². The first kappa shape index (κ1) is 17.7. The van der Waals surface area contributed by atoms with Crippen LogP contribution < -0.4 is 20.1 Å². The van der Waals surface area contributed by atoms with Crippen molar-refractivity contribution in [2.75, 3.05) is 19.8 Å². The Hall–Kier alpha value is -2.60. The second-order valence-electron chi connectivity index (χ2n) is 4.85. The van der Waals surface area contributed by atoms with Crippen LogP contribution in [0.15, 0.2) is 54.6 Å². The number of ether oxygens (including phenoxy) is 2. The first-order chi connectivity index (χ1) is 11.7. The van der Waals surface area contributed by atoms with Crippen LogP contribution in [0.2, 0.25) is 0 Å². The summed E-state index contributed by atoms with van der Waals surface area (Å²) in [4.78, 5) is 12.1. The van der Waals surface area contributed by atoms with Gasteiger partial charge in [0.15, 0.2) is 5.11 Å². The van der Waals surface area contributed by atoms with Gasteiger partial charge >= 0.3 is 0 Å². The predicted octanol–water partition coefficient (Wildman–Crippen LogP) is 2.77. The van der Waals surface area contributed by atoms with Gasteiger partial charge < -0.3 is 14.8 Å². The maximum absolute atomic E-state index is 12.1. The summed E-state index contributed by atoms with van der Waals surface area (Å²) in [7, 11) is 0. The van der Waals surface area contributed by atoms with Gasteiger partial charge in [-0.3, -0.25) is 10.1 Å². The van der Waals surface area contributed by atoms with Crippen molar-refractivity contribution in [1.82, 2.24) is 10.6 Å². The van der Waals surface area contributed by atoms with E-state index < -0.39 is 0 Å². The third-order valence-electron chi connectivity index (χ3n) is 3.02. The fraction of sp³-hybridized carbons (Fsp3) is 0.222. The van der Waals surface area contributed by atoms with Crippen LogP contribution >= 0.6 is 12.2 Å². The molecular weight excluding hydrogens is 324 g/mol. The van der Waals surface area contributed by atoms with Crippen molar-refractivity contribution in [2.45, 2.75) is 6.92 Å². The molecule has 0 atom stereocenters. The number of para-hydroxylation sites is 1. The molecule has 0 saturated heterocycles. The molecule has 1 amide bonds. The monoisotopic (exact) mass is 344 g/mol. The summed E-state index contributed by atoms with van der Waals surface area (Å²) in [6.45, 7) is 3.37. The highest BCUT2D eigenvalue weighted by molar-refractivity contribution is 7.80. The maximum atomic E-state index is 12.1. The molecule has 2 aromatic carbocycles. The molecule has 0 aliphatic carbocycles. The number of benzene rings is 2. The minimum absolute atomic E-state index is 0.271. The summed E-state index contributed by atoms with van der Waals surface area (Å²) in [5.41, 5.74) is 0.483. The molecule has 0 bridgehead atoms. The molecule has 0 radical (unpaired) electrons. The van der Waals surface area contributed by atoms with Gasteiger partial charge in [-0.25, -0.2) is 0 Å². The van der Waals surface area contributed by atoms with Crippen LogP contribution in [-0.4, -0.2) is 30.8 Å².